The van der Waals surface area contributed by atoms with E-state index in [1.807, 2.05) is 0 Å². The van der Waals surface area contributed by atoms with E-state index in [0.29, 0.717) is 12.8 Å². The van der Waals surface area contributed by atoms with Gasteiger partial charge in [-0.1, -0.05) is 6.42 Å². The molecule has 92 valence electrons. The molecule has 1 atom stereocenters. The van der Waals surface area contributed by atoms with Crippen molar-refractivity contribution in [2.24, 2.45) is 5.92 Å². The van der Waals surface area contributed by atoms with Crippen LogP contribution in [0.15, 0.2) is 0 Å². The van der Waals surface area contributed by atoms with E-state index < -0.39 is 17.9 Å². The van der Waals surface area contributed by atoms with Gasteiger partial charge >= 0.3 is 11.9 Å². The molecular weight excluding hydrogens is 232 g/mol. The smallest absolute Gasteiger partial charge is 0.314 e. The van der Waals surface area contributed by atoms with Crippen LogP contribution in [-0.4, -0.2) is 39.9 Å². The molecule has 0 aliphatic rings. The van der Waals surface area contributed by atoms with E-state index in [9.17, 15) is 14.4 Å². The van der Waals surface area contributed by atoms with Crippen molar-refractivity contribution in [3.8, 4) is 0 Å². The minimum absolute atomic E-state index is 0.0169. The van der Waals surface area contributed by atoms with Crippen LogP contribution < -0.4 is 0 Å². The highest BCUT2D eigenvalue weighted by Gasteiger charge is 2.24. The van der Waals surface area contributed by atoms with Gasteiger partial charge in [0.15, 0.2) is 5.78 Å². The van der Waals surface area contributed by atoms with Crippen molar-refractivity contribution < 1.29 is 24.6 Å². The first-order valence-electron chi connectivity index (χ1n) is 4.95. The van der Waals surface area contributed by atoms with Gasteiger partial charge in [0.1, 0.15) is 5.92 Å². The molecule has 0 aliphatic heterocycles. The first kappa shape index (κ1) is 15.0. The minimum Gasteiger partial charge on any atom is -0.481 e. The summed E-state index contributed by atoms with van der Waals surface area (Å²) >= 11 is 1.29. The third-order valence-electron chi connectivity index (χ3n) is 2.11. The van der Waals surface area contributed by atoms with Gasteiger partial charge in [0, 0.05) is 6.42 Å². The highest BCUT2D eigenvalue weighted by Crippen LogP contribution is 2.13. The number of hydrogen-bond donors (Lipinski definition) is 2. The van der Waals surface area contributed by atoms with Gasteiger partial charge in [-0.05, 0) is 19.1 Å². The maximum absolute atomic E-state index is 11.4. The monoisotopic (exact) mass is 248 g/mol. The predicted molar refractivity (Wildman–Crippen MR) is 60.6 cm³/mol. The first-order valence-corrected chi connectivity index (χ1v) is 6.34. The van der Waals surface area contributed by atoms with E-state index in [0.717, 1.165) is 0 Å². The van der Waals surface area contributed by atoms with Crippen molar-refractivity contribution >= 4 is 29.5 Å². The fraction of sp³-hybridized carbons (Fsp3) is 0.700. The largest absolute Gasteiger partial charge is 0.481 e. The summed E-state index contributed by atoms with van der Waals surface area (Å²) in [4.78, 5) is 32.4. The van der Waals surface area contributed by atoms with Crippen LogP contribution in [0.25, 0.3) is 0 Å². The van der Waals surface area contributed by atoms with Crippen molar-refractivity contribution in [2.75, 3.05) is 12.0 Å². The molecule has 2 N–H and O–H groups in total. The van der Waals surface area contributed by atoms with Crippen LogP contribution in [0.2, 0.25) is 0 Å². The Morgan fingerprint density at radius 1 is 1.19 bits per heavy atom. The number of aliphatic carboxylic acids is 2. The normalized spacial score (nSPS) is 12.1. The van der Waals surface area contributed by atoms with Gasteiger partial charge in [-0.3, -0.25) is 14.4 Å². The van der Waals surface area contributed by atoms with E-state index in [2.05, 4.69) is 0 Å². The van der Waals surface area contributed by atoms with E-state index in [1.54, 1.807) is 6.26 Å². The average Bonchev–Trinajstić information content (AvgIpc) is 2.16. The Morgan fingerprint density at radius 2 is 1.81 bits per heavy atom. The molecule has 6 heteroatoms. The Kier molecular flexibility index (Phi) is 7.62. The second-order valence-electron chi connectivity index (χ2n) is 3.43. The summed E-state index contributed by atoms with van der Waals surface area (Å²) < 4.78 is 0. The Hall–Kier alpha value is -1.04. The molecule has 0 bridgehead atoms. The maximum Gasteiger partial charge on any atom is 0.314 e. The van der Waals surface area contributed by atoms with Gasteiger partial charge in [0.25, 0.3) is 0 Å². The summed E-state index contributed by atoms with van der Waals surface area (Å²) in [6.45, 7) is 0. The van der Waals surface area contributed by atoms with Gasteiger partial charge in [-0.15, -0.1) is 0 Å². The molecule has 0 amide bonds. The quantitative estimate of drug-likeness (QED) is 0.471. The topological polar surface area (TPSA) is 91.7 Å². The number of unbranched alkanes of at least 4 members (excludes halogenated alkanes) is 1. The fourth-order valence-corrected chi connectivity index (χ4v) is 1.78. The molecule has 0 aromatic rings. The van der Waals surface area contributed by atoms with E-state index >= 15 is 0 Å². The van der Waals surface area contributed by atoms with Gasteiger partial charge < -0.3 is 10.2 Å². The highest BCUT2D eigenvalue weighted by atomic mass is 32.2. The Bertz CT molecular complexity index is 264. The molecule has 0 rings (SSSR count). The molecule has 0 saturated heterocycles. The number of carbonyl (C=O) groups excluding carboxylic acids is 1. The summed E-state index contributed by atoms with van der Waals surface area (Å²) in [5.41, 5.74) is 0. The van der Waals surface area contributed by atoms with Crippen LogP contribution in [-0.2, 0) is 14.4 Å². The molecule has 0 aromatic carbocycles. The molecule has 1 unspecified atom stereocenters. The van der Waals surface area contributed by atoms with Gasteiger partial charge in [-0.2, -0.15) is 11.8 Å². The molecule has 0 radical (unpaired) electrons. The Labute approximate surface area is 98.2 Å². The lowest BCUT2D eigenvalue weighted by Crippen LogP contribution is -2.25. The van der Waals surface area contributed by atoms with Crippen molar-refractivity contribution in [3.05, 3.63) is 0 Å². The van der Waals surface area contributed by atoms with Crippen molar-refractivity contribution in [1.29, 1.82) is 0 Å². The van der Waals surface area contributed by atoms with E-state index in [-0.39, 0.29) is 24.4 Å². The average molecular weight is 248 g/mol. The third kappa shape index (κ3) is 6.44. The molecule has 0 spiro atoms. The van der Waals surface area contributed by atoms with Crippen LogP contribution in [0.3, 0.4) is 0 Å². The Balaban J connectivity index is 4.00. The number of carbonyl (C=O) groups is 3. The molecule has 0 aromatic heterocycles. The minimum atomic E-state index is -1.12. The summed E-state index contributed by atoms with van der Waals surface area (Å²) in [5, 5.41) is 17.2. The number of ketones is 1. The highest BCUT2D eigenvalue weighted by molar-refractivity contribution is 7.99. The van der Waals surface area contributed by atoms with Gasteiger partial charge in [-0.25, -0.2) is 0 Å². The second-order valence-corrected chi connectivity index (χ2v) is 4.30. The van der Waals surface area contributed by atoms with Gasteiger partial charge in [0.05, 0.1) is 5.75 Å². The van der Waals surface area contributed by atoms with Crippen molar-refractivity contribution in [2.45, 2.75) is 25.7 Å². The van der Waals surface area contributed by atoms with Crippen LogP contribution in [0.5, 0.6) is 0 Å². The molecule has 5 nitrogen and oxygen atoms in total. The lowest BCUT2D eigenvalue weighted by molar-refractivity contribution is -0.145. The zero-order valence-corrected chi connectivity index (χ0v) is 9.96. The summed E-state index contributed by atoms with van der Waals surface area (Å²) in [7, 11) is 0. The number of carboxylic acids is 2. The SMILES string of the molecule is CSCC(=O)C(CCCCC(=O)O)C(=O)O. The summed E-state index contributed by atoms with van der Waals surface area (Å²) in [6, 6.07) is 0. The third-order valence-corrected chi connectivity index (χ3v) is 2.68. The van der Waals surface area contributed by atoms with E-state index in [1.165, 1.54) is 11.8 Å². The van der Waals surface area contributed by atoms with Crippen LogP contribution in [0.1, 0.15) is 25.7 Å². The number of Topliss-reactive ketones (excluding diaryl/α,β-unsaturated/α-hetero) is 1. The molecule has 0 saturated carbocycles. The predicted octanol–water partition coefficient (Wildman–Crippen LogP) is 1.26. The molecule has 0 heterocycles. The standard InChI is InChI=1S/C10H16O5S/c1-16-6-8(11)7(10(14)15)4-2-3-5-9(12)13/h7H,2-6H2,1H3,(H,12,13)(H,14,15). The lowest BCUT2D eigenvalue weighted by Gasteiger charge is -2.09. The van der Waals surface area contributed by atoms with Crippen molar-refractivity contribution in [3.63, 3.8) is 0 Å². The first-order chi connectivity index (χ1) is 7.49. The van der Waals surface area contributed by atoms with Crippen molar-refractivity contribution in [1.82, 2.24) is 0 Å². The second kappa shape index (κ2) is 8.15. The number of rotatable bonds is 9. The van der Waals surface area contributed by atoms with E-state index in [4.69, 9.17) is 10.2 Å². The number of carboxylic acid groups (broad SMARTS) is 2. The van der Waals surface area contributed by atoms with Gasteiger partial charge in [0.2, 0.25) is 0 Å². The molecule has 0 fully saturated rings. The number of thioether (sulfide) groups is 1. The fourth-order valence-electron chi connectivity index (χ4n) is 1.29. The molecule has 0 aliphatic carbocycles. The molecular formula is C10H16O5S. The van der Waals surface area contributed by atoms with Crippen LogP contribution in [0, 0.1) is 5.92 Å². The lowest BCUT2D eigenvalue weighted by atomic mass is 9.98. The molecule has 16 heavy (non-hydrogen) atoms. The summed E-state index contributed by atoms with van der Waals surface area (Å²) in [6.07, 6.45) is 2.83. The zero-order valence-electron chi connectivity index (χ0n) is 9.14. The summed E-state index contributed by atoms with van der Waals surface area (Å²) in [5.74, 6) is -3.11. The maximum atomic E-state index is 11.4. The number of hydrogen-bond acceptors (Lipinski definition) is 4. The van der Waals surface area contributed by atoms with Crippen LogP contribution >= 0.6 is 11.8 Å². The Morgan fingerprint density at radius 3 is 2.25 bits per heavy atom. The zero-order chi connectivity index (χ0) is 12.6. The van der Waals surface area contributed by atoms with Crippen LogP contribution in [0.4, 0.5) is 0 Å².